The fourth-order valence-corrected chi connectivity index (χ4v) is 4.28. The van der Waals surface area contributed by atoms with E-state index in [1.807, 2.05) is 27.7 Å². The zero-order valence-corrected chi connectivity index (χ0v) is 13.5. The second-order valence-corrected chi connectivity index (χ2v) is 7.23. The predicted octanol–water partition coefficient (Wildman–Crippen LogP) is 3.66. The second kappa shape index (κ2) is 7.18. The average Bonchev–Trinajstić information content (AvgIpc) is 2.38. The Balaban J connectivity index is 3.27. The maximum absolute atomic E-state index is 13.8. The van der Waals surface area contributed by atoms with E-state index >= 15 is 0 Å². The second-order valence-electron chi connectivity index (χ2n) is 5.37. The Morgan fingerprint density at radius 1 is 1.15 bits per heavy atom. The minimum atomic E-state index is -3.79. The predicted molar refractivity (Wildman–Crippen MR) is 79.5 cm³/mol. The van der Waals surface area contributed by atoms with Crippen molar-refractivity contribution < 1.29 is 12.8 Å². The molecule has 3 nitrogen and oxygen atoms in total. The topological polar surface area (TPSA) is 37.4 Å². The Kier molecular flexibility index (Phi) is 6.14. The fraction of sp³-hybridized carbons (Fsp3) is 0.600. The van der Waals surface area contributed by atoms with Crippen LogP contribution in [-0.2, 0) is 10.0 Å². The minimum Gasteiger partial charge on any atom is -0.207 e. The summed E-state index contributed by atoms with van der Waals surface area (Å²) in [5.41, 5.74) is 0. The van der Waals surface area contributed by atoms with Crippen LogP contribution in [0.3, 0.4) is 0 Å². The first kappa shape index (κ1) is 17.1. The molecule has 0 bridgehead atoms. The van der Waals surface area contributed by atoms with Gasteiger partial charge in [-0.1, -0.05) is 39.8 Å². The van der Waals surface area contributed by atoms with E-state index in [0.717, 1.165) is 12.8 Å². The van der Waals surface area contributed by atoms with Gasteiger partial charge in [0.2, 0.25) is 10.0 Å². The van der Waals surface area contributed by atoms with Crippen molar-refractivity contribution in [3.05, 3.63) is 30.1 Å². The molecule has 1 aromatic carbocycles. The zero-order valence-electron chi connectivity index (χ0n) is 12.6. The number of hydrogen-bond acceptors (Lipinski definition) is 2. The van der Waals surface area contributed by atoms with Crippen molar-refractivity contribution in [3.8, 4) is 0 Å². The van der Waals surface area contributed by atoms with E-state index in [1.165, 1.54) is 22.5 Å². The summed E-state index contributed by atoms with van der Waals surface area (Å²) in [5, 5.41) is 0. The van der Waals surface area contributed by atoms with Crippen molar-refractivity contribution in [3.63, 3.8) is 0 Å². The molecule has 1 aromatic rings. The molecule has 0 unspecified atom stereocenters. The summed E-state index contributed by atoms with van der Waals surface area (Å²) in [6, 6.07) is 5.48. The first-order chi connectivity index (χ1) is 9.34. The third kappa shape index (κ3) is 3.79. The van der Waals surface area contributed by atoms with E-state index in [-0.39, 0.29) is 16.9 Å². The highest BCUT2D eigenvalue weighted by molar-refractivity contribution is 7.89. The van der Waals surface area contributed by atoms with Crippen LogP contribution in [0.4, 0.5) is 4.39 Å². The number of nitrogens with zero attached hydrogens (tertiary/aromatic N) is 1. The summed E-state index contributed by atoms with van der Waals surface area (Å²) in [7, 11) is -3.79. The molecule has 0 aliphatic heterocycles. The van der Waals surface area contributed by atoms with Crippen molar-refractivity contribution in [2.75, 3.05) is 6.54 Å². The number of rotatable bonds is 7. The van der Waals surface area contributed by atoms with Crippen LogP contribution in [0.25, 0.3) is 0 Å². The van der Waals surface area contributed by atoms with E-state index in [1.54, 1.807) is 6.07 Å². The molecule has 0 saturated heterocycles. The van der Waals surface area contributed by atoms with Gasteiger partial charge in [0.1, 0.15) is 10.7 Å². The van der Waals surface area contributed by atoms with Crippen LogP contribution < -0.4 is 0 Å². The van der Waals surface area contributed by atoms with Crippen molar-refractivity contribution in [1.29, 1.82) is 0 Å². The molecule has 0 aliphatic rings. The van der Waals surface area contributed by atoms with E-state index in [4.69, 9.17) is 0 Å². The molecular formula is C15H24FNO2S. The first-order valence-electron chi connectivity index (χ1n) is 7.10. The van der Waals surface area contributed by atoms with Gasteiger partial charge in [0.15, 0.2) is 0 Å². The fourth-order valence-electron chi connectivity index (χ4n) is 2.28. The van der Waals surface area contributed by atoms with Gasteiger partial charge in [-0.2, -0.15) is 4.31 Å². The van der Waals surface area contributed by atoms with E-state index < -0.39 is 15.8 Å². The largest absolute Gasteiger partial charge is 0.246 e. The molecule has 5 heteroatoms. The van der Waals surface area contributed by atoms with Crippen molar-refractivity contribution >= 4 is 10.0 Å². The summed E-state index contributed by atoms with van der Waals surface area (Å²) in [6.07, 6.45) is 1.44. The molecule has 1 rings (SSSR count). The van der Waals surface area contributed by atoms with Crippen molar-refractivity contribution in [2.45, 2.75) is 51.5 Å². The lowest BCUT2D eigenvalue weighted by Crippen LogP contribution is -2.42. The summed E-state index contributed by atoms with van der Waals surface area (Å²) < 4.78 is 40.8. The van der Waals surface area contributed by atoms with Crippen LogP contribution in [-0.4, -0.2) is 25.3 Å². The van der Waals surface area contributed by atoms with Crippen LogP contribution in [0.1, 0.15) is 40.5 Å². The van der Waals surface area contributed by atoms with Gasteiger partial charge in [-0.05, 0) is 30.9 Å². The summed E-state index contributed by atoms with van der Waals surface area (Å²) in [6.45, 7) is 8.25. The molecule has 0 saturated carbocycles. The smallest absolute Gasteiger partial charge is 0.207 e. The van der Waals surface area contributed by atoms with Gasteiger partial charge >= 0.3 is 0 Å². The summed E-state index contributed by atoms with van der Waals surface area (Å²) in [5.74, 6) is -0.496. The molecule has 0 aromatic heterocycles. The molecular weight excluding hydrogens is 277 g/mol. The zero-order chi connectivity index (χ0) is 15.3. The standard InChI is InChI=1S/C15H24FNO2S/c1-5-13(6-2)17(11-12(3)4)20(18,19)15-10-8-7-9-14(15)16/h7-10,12-13H,5-6,11H2,1-4H3. The van der Waals surface area contributed by atoms with E-state index in [2.05, 4.69) is 0 Å². The normalized spacial score (nSPS) is 12.6. The van der Waals surface area contributed by atoms with Gasteiger partial charge in [-0.3, -0.25) is 0 Å². The monoisotopic (exact) mass is 301 g/mol. The third-order valence-electron chi connectivity index (χ3n) is 3.32. The minimum absolute atomic E-state index is 0.0954. The quantitative estimate of drug-likeness (QED) is 0.770. The molecule has 20 heavy (non-hydrogen) atoms. The highest BCUT2D eigenvalue weighted by atomic mass is 32.2. The molecule has 0 atom stereocenters. The van der Waals surface area contributed by atoms with Crippen molar-refractivity contribution in [1.82, 2.24) is 4.31 Å². The lowest BCUT2D eigenvalue weighted by molar-refractivity contribution is 0.276. The lowest BCUT2D eigenvalue weighted by atomic mass is 10.1. The van der Waals surface area contributed by atoms with Crippen LogP contribution in [0, 0.1) is 11.7 Å². The van der Waals surface area contributed by atoms with E-state index in [9.17, 15) is 12.8 Å². The SMILES string of the molecule is CCC(CC)N(CC(C)C)S(=O)(=O)c1ccccc1F. The Labute approximate surface area is 121 Å². The Hall–Kier alpha value is -0.940. The van der Waals surface area contributed by atoms with Gasteiger partial charge in [0, 0.05) is 12.6 Å². The van der Waals surface area contributed by atoms with Crippen LogP contribution >= 0.6 is 0 Å². The molecule has 0 radical (unpaired) electrons. The molecule has 0 spiro atoms. The number of halogens is 1. The molecule has 0 amide bonds. The molecule has 0 heterocycles. The van der Waals surface area contributed by atoms with Gasteiger partial charge in [-0.25, -0.2) is 12.8 Å². The van der Waals surface area contributed by atoms with Crippen LogP contribution in [0.5, 0.6) is 0 Å². The lowest BCUT2D eigenvalue weighted by Gasteiger charge is -2.31. The molecule has 114 valence electrons. The third-order valence-corrected chi connectivity index (χ3v) is 5.27. The molecule has 0 fully saturated rings. The average molecular weight is 301 g/mol. The Morgan fingerprint density at radius 3 is 2.15 bits per heavy atom. The molecule has 0 N–H and O–H groups in total. The van der Waals surface area contributed by atoms with Crippen LogP contribution in [0.2, 0.25) is 0 Å². The van der Waals surface area contributed by atoms with Crippen molar-refractivity contribution in [2.24, 2.45) is 5.92 Å². The highest BCUT2D eigenvalue weighted by Gasteiger charge is 2.31. The van der Waals surface area contributed by atoms with Gasteiger partial charge in [0.05, 0.1) is 0 Å². The van der Waals surface area contributed by atoms with E-state index in [0.29, 0.717) is 6.54 Å². The highest BCUT2D eigenvalue weighted by Crippen LogP contribution is 2.24. The van der Waals surface area contributed by atoms with Gasteiger partial charge in [-0.15, -0.1) is 0 Å². The summed E-state index contributed by atoms with van der Waals surface area (Å²) in [4.78, 5) is -0.229. The maximum atomic E-state index is 13.8. The summed E-state index contributed by atoms with van der Waals surface area (Å²) >= 11 is 0. The van der Waals surface area contributed by atoms with Gasteiger partial charge in [0.25, 0.3) is 0 Å². The van der Waals surface area contributed by atoms with Crippen LogP contribution in [0.15, 0.2) is 29.2 Å². The number of benzene rings is 1. The number of hydrogen-bond donors (Lipinski definition) is 0. The molecule has 0 aliphatic carbocycles. The van der Waals surface area contributed by atoms with Gasteiger partial charge < -0.3 is 0 Å². The first-order valence-corrected chi connectivity index (χ1v) is 8.54. The number of sulfonamides is 1. The maximum Gasteiger partial charge on any atom is 0.246 e. The Bertz CT molecular complexity index is 524. The Morgan fingerprint density at radius 2 is 1.70 bits per heavy atom.